The summed E-state index contributed by atoms with van der Waals surface area (Å²) < 4.78 is 0. The molecular formula is C19H28O. The molecule has 110 valence electrons. The normalized spacial score (nSPS) is 51.0. The van der Waals surface area contributed by atoms with Gasteiger partial charge in [-0.25, -0.2) is 0 Å². The van der Waals surface area contributed by atoms with Gasteiger partial charge in [0.2, 0.25) is 0 Å². The van der Waals surface area contributed by atoms with E-state index in [9.17, 15) is 4.79 Å². The maximum Gasteiger partial charge on any atom is 0.136 e. The number of rotatable bonds is 0. The molecule has 4 aliphatic carbocycles. The number of ketones is 1. The average molecular weight is 272 g/mol. The van der Waals surface area contributed by atoms with Gasteiger partial charge in [0, 0.05) is 12.8 Å². The Labute approximate surface area is 123 Å². The van der Waals surface area contributed by atoms with Crippen LogP contribution in [0.25, 0.3) is 0 Å². The Morgan fingerprint density at radius 3 is 2.80 bits per heavy atom. The van der Waals surface area contributed by atoms with Crippen molar-refractivity contribution in [3.63, 3.8) is 0 Å². The van der Waals surface area contributed by atoms with Gasteiger partial charge in [-0.3, -0.25) is 4.79 Å². The molecule has 4 rings (SSSR count). The van der Waals surface area contributed by atoms with Gasteiger partial charge in [0.1, 0.15) is 5.78 Å². The maximum absolute atomic E-state index is 11.8. The Bertz CT molecular complexity index is 476. The molecule has 3 saturated carbocycles. The minimum Gasteiger partial charge on any atom is -0.299 e. The minimum atomic E-state index is 0.362. The van der Waals surface area contributed by atoms with E-state index >= 15 is 0 Å². The van der Waals surface area contributed by atoms with E-state index in [1.807, 2.05) is 0 Å². The van der Waals surface area contributed by atoms with Crippen molar-refractivity contribution in [3.8, 4) is 0 Å². The van der Waals surface area contributed by atoms with E-state index < -0.39 is 0 Å². The lowest BCUT2D eigenvalue weighted by molar-refractivity contribution is -0.122. The lowest BCUT2D eigenvalue weighted by Gasteiger charge is -2.56. The number of carbonyl (C=O) groups is 1. The lowest BCUT2D eigenvalue weighted by Crippen LogP contribution is -2.48. The molecule has 0 amide bonds. The Balaban J connectivity index is 1.70. The Kier molecular flexibility index (Phi) is 2.76. The molecule has 1 heteroatoms. The highest BCUT2D eigenvalue weighted by atomic mass is 16.1. The summed E-state index contributed by atoms with van der Waals surface area (Å²) in [6.45, 7) is 5.05. The van der Waals surface area contributed by atoms with Crippen LogP contribution in [0.4, 0.5) is 0 Å². The smallest absolute Gasteiger partial charge is 0.136 e. The molecule has 0 aromatic rings. The summed E-state index contributed by atoms with van der Waals surface area (Å²) in [4.78, 5) is 11.8. The second-order valence-electron chi connectivity index (χ2n) is 8.56. The van der Waals surface area contributed by atoms with Crippen LogP contribution in [-0.2, 0) is 4.79 Å². The summed E-state index contributed by atoms with van der Waals surface area (Å²) in [5.41, 5.74) is 2.52. The van der Waals surface area contributed by atoms with Gasteiger partial charge in [-0.05, 0) is 67.1 Å². The molecule has 3 fully saturated rings. The SMILES string of the molecule is C[C@@]12CCCC1C1CC=C3CC(=O)CC[C@]3(C)C1CC2. The molecule has 0 N–H and O–H groups in total. The molecule has 20 heavy (non-hydrogen) atoms. The summed E-state index contributed by atoms with van der Waals surface area (Å²) in [5, 5.41) is 0. The van der Waals surface area contributed by atoms with Crippen molar-refractivity contribution in [2.24, 2.45) is 28.6 Å². The third-order valence-electron chi connectivity index (χ3n) is 7.72. The summed E-state index contributed by atoms with van der Waals surface area (Å²) in [5.74, 6) is 3.23. The first-order valence-electron chi connectivity index (χ1n) is 8.74. The van der Waals surface area contributed by atoms with E-state index in [2.05, 4.69) is 19.9 Å². The highest BCUT2D eigenvalue weighted by Crippen LogP contribution is 2.64. The first kappa shape index (κ1) is 13.1. The zero-order valence-corrected chi connectivity index (χ0v) is 13.1. The molecule has 0 spiro atoms. The molecular weight excluding hydrogens is 244 g/mol. The fourth-order valence-electron chi connectivity index (χ4n) is 6.47. The highest BCUT2D eigenvalue weighted by molar-refractivity contribution is 5.82. The van der Waals surface area contributed by atoms with E-state index in [1.54, 1.807) is 0 Å². The van der Waals surface area contributed by atoms with E-state index in [0.717, 1.165) is 37.0 Å². The third kappa shape index (κ3) is 1.64. The van der Waals surface area contributed by atoms with E-state index in [-0.39, 0.29) is 0 Å². The fraction of sp³-hybridized carbons (Fsp3) is 0.842. The molecule has 0 aromatic heterocycles. The van der Waals surface area contributed by atoms with Crippen molar-refractivity contribution in [3.05, 3.63) is 11.6 Å². The van der Waals surface area contributed by atoms with Crippen molar-refractivity contribution in [1.29, 1.82) is 0 Å². The predicted octanol–water partition coefficient (Wildman–Crippen LogP) is 4.91. The van der Waals surface area contributed by atoms with Crippen LogP contribution in [-0.4, -0.2) is 5.78 Å². The Hall–Kier alpha value is -0.590. The first-order chi connectivity index (χ1) is 9.53. The van der Waals surface area contributed by atoms with Crippen molar-refractivity contribution < 1.29 is 4.79 Å². The number of Topliss-reactive ketones (excluding diaryl/α,β-unsaturated/α-hetero) is 1. The summed E-state index contributed by atoms with van der Waals surface area (Å²) in [6.07, 6.45) is 13.7. The Morgan fingerprint density at radius 1 is 1.10 bits per heavy atom. The first-order valence-corrected chi connectivity index (χ1v) is 8.74. The molecule has 4 aliphatic rings. The number of fused-ring (bicyclic) bond motifs is 5. The van der Waals surface area contributed by atoms with E-state index in [1.165, 1.54) is 44.1 Å². The molecule has 0 radical (unpaired) electrons. The summed E-state index contributed by atoms with van der Waals surface area (Å²) in [6, 6.07) is 0. The second kappa shape index (κ2) is 4.21. The molecule has 0 saturated heterocycles. The monoisotopic (exact) mass is 272 g/mol. The van der Waals surface area contributed by atoms with Gasteiger partial charge in [0.25, 0.3) is 0 Å². The van der Waals surface area contributed by atoms with Crippen LogP contribution in [0.2, 0.25) is 0 Å². The van der Waals surface area contributed by atoms with Crippen molar-refractivity contribution in [2.75, 3.05) is 0 Å². The average Bonchev–Trinajstić information content (AvgIpc) is 2.81. The fourth-order valence-corrected chi connectivity index (χ4v) is 6.47. The maximum atomic E-state index is 11.8. The number of carbonyl (C=O) groups excluding carboxylic acids is 1. The number of hydrogen-bond acceptors (Lipinski definition) is 1. The number of allylic oxidation sites excluding steroid dienone is 2. The van der Waals surface area contributed by atoms with E-state index in [0.29, 0.717) is 16.6 Å². The molecule has 0 aliphatic heterocycles. The van der Waals surface area contributed by atoms with Crippen LogP contribution in [0.15, 0.2) is 11.6 Å². The zero-order chi connectivity index (χ0) is 14.0. The lowest BCUT2D eigenvalue weighted by atomic mass is 9.48. The Morgan fingerprint density at radius 2 is 1.95 bits per heavy atom. The van der Waals surface area contributed by atoms with Gasteiger partial charge >= 0.3 is 0 Å². The molecule has 1 nitrogen and oxygen atoms in total. The van der Waals surface area contributed by atoms with Gasteiger partial charge in [-0.1, -0.05) is 31.9 Å². The van der Waals surface area contributed by atoms with Crippen molar-refractivity contribution in [2.45, 2.75) is 71.6 Å². The summed E-state index contributed by atoms with van der Waals surface area (Å²) >= 11 is 0. The van der Waals surface area contributed by atoms with Gasteiger partial charge in [-0.15, -0.1) is 0 Å². The molecule has 5 atom stereocenters. The molecule has 3 unspecified atom stereocenters. The van der Waals surface area contributed by atoms with Crippen LogP contribution in [0, 0.1) is 28.6 Å². The van der Waals surface area contributed by atoms with Gasteiger partial charge in [0.05, 0.1) is 0 Å². The van der Waals surface area contributed by atoms with Gasteiger partial charge in [0.15, 0.2) is 0 Å². The van der Waals surface area contributed by atoms with Crippen molar-refractivity contribution in [1.82, 2.24) is 0 Å². The van der Waals surface area contributed by atoms with Crippen LogP contribution in [0.5, 0.6) is 0 Å². The molecule has 0 heterocycles. The quantitative estimate of drug-likeness (QED) is 0.573. The highest BCUT2D eigenvalue weighted by Gasteiger charge is 2.55. The van der Waals surface area contributed by atoms with Gasteiger partial charge < -0.3 is 0 Å². The van der Waals surface area contributed by atoms with Crippen LogP contribution < -0.4 is 0 Å². The minimum absolute atomic E-state index is 0.362. The molecule has 0 bridgehead atoms. The van der Waals surface area contributed by atoms with E-state index in [4.69, 9.17) is 0 Å². The van der Waals surface area contributed by atoms with Crippen LogP contribution in [0.3, 0.4) is 0 Å². The van der Waals surface area contributed by atoms with Gasteiger partial charge in [-0.2, -0.15) is 0 Å². The standard InChI is InChI=1S/C19H28O/c1-18-9-3-4-16(18)15-6-5-13-12-14(20)7-11-19(13,2)17(15)8-10-18/h5,15-17H,3-4,6-12H2,1-2H3/t15?,16?,17?,18-,19-/m0/s1. The predicted molar refractivity (Wildman–Crippen MR) is 81.3 cm³/mol. The third-order valence-corrected chi connectivity index (χ3v) is 7.72. The number of hydrogen-bond donors (Lipinski definition) is 0. The molecule has 0 aromatic carbocycles. The largest absolute Gasteiger partial charge is 0.299 e. The van der Waals surface area contributed by atoms with Crippen LogP contribution >= 0.6 is 0 Å². The summed E-state index contributed by atoms with van der Waals surface area (Å²) in [7, 11) is 0. The topological polar surface area (TPSA) is 17.1 Å². The van der Waals surface area contributed by atoms with Crippen molar-refractivity contribution >= 4 is 5.78 Å². The van der Waals surface area contributed by atoms with Crippen LogP contribution in [0.1, 0.15) is 71.6 Å². The second-order valence-corrected chi connectivity index (χ2v) is 8.56. The zero-order valence-electron chi connectivity index (χ0n) is 13.1.